The fourth-order valence-corrected chi connectivity index (χ4v) is 6.08. The highest BCUT2D eigenvalue weighted by atomic mass is 32.2. The van der Waals surface area contributed by atoms with Gasteiger partial charge >= 0.3 is 0 Å². The molecule has 1 aromatic heterocycles. The number of nitrogens with zero attached hydrogens (tertiary/aromatic N) is 1. The predicted octanol–water partition coefficient (Wildman–Crippen LogP) is 6.15. The second-order valence-electron chi connectivity index (χ2n) is 7.86. The molecule has 0 spiro atoms. The van der Waals surface area contributed by atoms with Crippen molar-refractivity contribution in [2.24, 2.45) is 0 Å². The van der Waals surface area contributed by atoms with Crippen molar-refractivity contribution < 1.29 is 0 Å². The van der Waals surface area contributed by atoms with Gasteiger partial charge in [0.25, 0.3) is 0 Å². The van der Waals surface area contributed by atoms with E-state index >= 15 is 0 Å². The average molecular weight is 379 g/mol. The molecule has 3 aromatic rings. The second-order valence-corrected chi connectivity index (χ2v) is 9.17. The number of H-pyrrole nitrogens is 1. The minimum absolute atomic E-state index is 0.103. The number of hydrogen-bond donors (Lipinski definition) is 1. The smallest absolute Gasteiger partial charge is 0.0459 e. The van der Waals surface area contributed by atoms with Gasteiger partial charge in [0, 0.05) is 27.4 Å². The molecule has 0 saturated heterocycles. The molecular formula is C24H30N2S. The number of aryl methyl sites for hydroxylation is 1. The lowest BCUT2D eigenvalue weighted by atomic mass is 9.81. The van der Waals surface area contributed by atoms with Gasteiger partial charge in [0.1, 0.15) is 0 Å². The summed E-state index contributed by atoms with van der Waals surface area (Å²) in [4.78, 5) is 6.19. The maximum absolute atomic E-state index is 3.75. The van der Waals surface area contributed by atoms with Gasteiger partial charge in [0.15, 0.2) is 0 Å². The standard InChI is InChI=1S/C24H30N2S/c1-4-24(26(2)3,18-10-6-5-7-11-18)16-14-22-23-20(15-17-27-22)19-12-8-9-13-21(19)25-23/h5-13,22,25H,4,14-17H2,1-3H3. The third-order valence-electron chi connectivity index (χ3n) is 6.41. The Hall–Kier alpha value is -1.71. The van der Waals surface area contributed by atoms with Crippen molar-refractivity contribution in [3.05, 3.63) is 71.4 Å². The lowest BCUT2D eigenvalue weighted by Crippen LogP contribution is -2.41. The lowest BCUT2D eigenvalue weighted by Gasteiger charge is -2.41. The van der Waals surface area contributed by atoms with Gasteiger partial charge in [-0.25, -0.2) is 0 Å². The minimum atomic E-state index is 0.103. The van der Waals surface area contributed by atoms with Crippen molar-refractivity contribution in [1.29, 1.82) is 0 Å². The number of rotatable bonds is 6. The molecule has 1 aliphatic rings. The third kappa shape index (κ3) is 3.32. The lowest BCUT2D eigenvalue weighted by molar-refractivity contribution is 0.129. The molecule has 2 nitrogen and oxygen atoms in total. The van der Waals surface area contributed by atoms with Crippen LogP contribution in [0.5, 0.6) is 0 Å². The summed E-state index contributed by atoms with van der Waals surface area (Å²) >= 11 is 2.13. The van der Waals surface area contributed by atoms with E-state index in [1.54, 1.807) is 5.56 Å². The molecule has 2 heterocycles. The van der Waals surface area contributed by atoms with Gasteiger partial charge < -0.3 is 4.98 Å². The monoisotopic (exact) mass is 378 g/mol. The van der Waals surface area contributed by atoms with Gasteiger partial charge in [-0.3, -0.25) is 4.90 Å². The number of nitrogens with one attached hydrogen (secondary N) is 1. The van der Waals surface area contributed by atoms with Crippen LogP contribution in [0.15, 0.2) is 54.6 Å². The highest BCUT2D eigenvalue weighted by Crippen LogP contribution is 2.45. The Morgan fingerprint density at radius 2 is 1.81 bits per heavy atom. The fraction of sp³-hybridized carbons (Fsp3) is 0.417. The van der Waals surface area contributed by atoms with Crippen LogP contribution < -0.4 is 0 Å². The number of fused-ring (bicyclic) bond motifs is 3. The Balaban J connectivity index is 1.63. The van der Waals surface area contributed by atoms with E-state index in [1.807, 2.05) is 0 Å². The zero-order valence-electron chi connectivity index (χ0n) is 16.7. The van der Waals surface area contributed by atoms with Crippen LogP contribution >= 0.6 is 11.8 Å². The summed E-state index contributed by atoms with van der Waals surface area (Å²) in [5.74, 6) is 1.23. The third-order valence-corrected chi connectivity index (χ3v) is 7.73. The first-order valence-corrected chi connectivity index (χ1v) is 11.1. The summed E-state index contributed by atoms with van der Waals surface area (Å²) in [6.45, 7) is 2.33. The van der Waals surface area contributed by atoms with Gasteiger partial charge in [-0.2, -0.15) is 11.8 Å². The Kier molecular flexibility index (Phi) is 5.34. The normalized spacial score (nSPS) is 19.2. The van der Waals surface area contributed by atoms with E-state index in [4.69, 9.17) is 0 Å². The van der Waals surface area contributed by atoms with Crippen LogP contribution in [0.4, 0.5) is 0 Å². The summed E-state index contributed by atoms with van der Waals surface area (Å²) in [6, 6.07) is 19.9. The van der Waals surface area contributed by atoms with Gasteiger partial charge in [-0.05, 0) is 62.7 Å². The zero-order chi connectivity index (χ0) is 18.9. The molecule has 142 valence electrons. The zero-order valence-corrected chi connectivity index (χ0v) is 17.5. The first-order valence-electron chi connectivity index (χ1n) is 10.1. The summed E-state index contributed by atoms with van der Waals surface area (Å²) in [7, 11) is 4.47. The Morgan fingerprint density at radius 1 is 1.07 bits per heavy atom. The van der Waals surface area contributed by atoms with E-state index in [2.05, 4.69) is 97.3 Å². The van der Waals surface area contributed by atoms with E-state index in [0.717, 1.165) is 6.42 Å². The van der Waals surface area contributed by atoms with E-state index in [9.17, 15) is 0 Å². The molecule has 0 saturated carbocycles. The largest absolute Gasteiger partial charge is 0.357 e. The highest BCUT2D eigenvalue weighted by molar-refractivity contribution is 7.99. The van der Waals surface area contributed by atoms with E-state index in [-0.39, 0.29) is 5.54 Å². The molecule has 0 radical (unpaired) electrons. The molecule has 1 N–H and O–H groups in total. The van der Waals surface area contributed by atoms with Crippen LogP contribution in [0, 0.1) is 0 Å². The Bertz CT molecular complexity index is 899. The van der Waals surface area contributed by atoms with Crippen LogP contribution in [0.25, 0.3) is 10.9 Å². The summed E-state index contributed by atoms with van der Waals surface area (Å²) in [6.07, 6.45) is 4.69. The number of aromatic amines is 1. The Morgan fingerprint density at radius 3 is 2.56 bits per heavy atom. The minimum Gasteiger partial charge on any atom is -0.357 e. The molecule has 2 unspecified atom stereocenters. The molecule has 0 fully saturated rings. The maximum atomic E-state index is 3.75. The van der Waals surface area contributed by atoms with Crippen LogP contribution in [0.1, 0.15) is 48.3 Å². The van der Waals surface area contributed by atoms with Crippen LogP contribution in [0.3, 0.4) is 0 Å². The topological polar surface area (TPSA) is 19.0 Å². The molecule has 2 aromatic carbocycles. The number of benzene rings is 2. The predicted molar refractivity (Wildman–Crippen MR) is 119 cm³/mol. The number of thioether (sulfide) groups is 1. The van der Waals surface area contributed by atoms with Crippen molar-refractivity contribution in [2.75, 3.05) is 19.8 Å². The molecule has 27 heavy (non-hydrogen) atoms. The molecule has 4 rings (SSSR count). The van der Waals surface area contributed by atoms with Crippen LogP contribution in [0.2, 0.25) is 0 Å². The summed E-state index contributed by atoms with van der Waals surface area (Å²) in [5, 5.41) is 1.99. The molecule has 2 atom stereocenters. The van der Waals surface area contributed by atoms with Crippen LogP contribution in [-0.2, 0) is 12.0 Å². The summed E-state index contributed by atoms with van der Waals surface area (Å²) < 4.78 is 0. The van der Waals surface area contributed by atoms with Gasteiger partial charge in [0.05, 0.1) is 0 Å². The highest BCUT2D eigenvalue weighted by Gasteiger charge is 2.34. The average Bonchev–Trinajstić information content (AvgIpc) is 3.09. The van der Waals surface area contributed by atoms with Gasteiger partial charge in [-0.15, -0.1) is 0 Å². The van der Waals surface area contributed by atoms with E-state index in [1.165, 1.54) is 47.2 Å². The number of aromatic nitrogens is 1. The van der Waals surface area contributed by atoms with Crippen molar-refractivity contribution in [2.45, 2.75) is 43.4 Å². The first kappa shape index (κ1) is 18.6. The molecule has 0 bridgehead atoms. The molecule has 1 aliphatic heterocycles. The molecular weight excluding hydrogens is 348 g/mol. The molecule has 0 amide bonds. The summed E-state index contributed by atoms with van der Waals surface area (Å²) in [5.41, 5.74) is 5.87. The van der Waals surface area contributed by atoms with E-state index in [0.29, 0.717) is 5.25 Å². The van der Waals surface area contributed by atoms with Gasteiger partial charge in [0.2, 0.25) is 0 Å². The maximum Gasteiger partial charge on any atom is 0.0459 e. The molecule has 3 heteroatoms. The van der Waals surface area contributed by atoms with Crippen molar-refractivity contribution in [3.63, 3.8) is 0 Å². The van der Waals surface area contributed by atoms with Crippen molar-refractivity contribution >= 4 is 22.7 Å². The fourth-order valence-electron chi connectivity index (χ4n) is 4.82. The second kappa shape index (κ2) is 7.73. The quantitative estimate of drug-likeness (QED) is 0.555. The molecule has 0 aliphatic carbocycles. The van der Waals surface area contributed by atoms with Gasteiger partial charge in [-0.1, -0.05) is 55.5 Å². The van der Waals surface area contributed by atoms with Crippen molar-refractivity contribution in [1.82, 2.24) is 9.88 Å². The number of hydrogen-bond acceptors (Lipinski definition) is 2. The van der Waals surface area contributed by atoms with Crippen molar-refractivity contribution in [3.8, 4) is 0 Å². The first-order chi connectivity index (χ1) is 13.2. The SMILES string of the molecule is CCC(CCC1SCCc2c1[nH]c1ccccc21)(c1ccccc1)N(C)C. The van der Waals surface area contributed by atoms with Crippen LogP contribution in [-0.4, -0.2) is 29.7 Å². The Labute approximate surface area is 167 Å². The number of para-hydroxylation sites is 1. The van der Waals surface area contributed by atoms with E-state index < -0.39 is 0 Å².